The molecule has 0 radical (unpaired) electrons. The first-order chi connectivity index (χ1) is 14.7. The van der Waals surface area contributed by atoms with Crippen LogP contribution in [0.2, 0.25) is 0 Å². The summed E-state index contributed by atoms with van der Waals surface area (Å²) >= 11 is 0. The summed E-state index contributed by atoms with van der Waals surface area (Å²) in [5, 5.41) is 9.35. The molecule has 0 aliphatic heterocycles. The first-order valence-corrected chi connectivity index (χ1v) is 10.1. The normalized spacial score (nSPS) is 18.1. The maximum Gasteiger partial charge on any atom is 0.307 e. The minimum absolute atomic E-state index is 0.0104. The number of aliphatic carboxylic acids is 1. The first kappa shape index (κ1) is 18.4. The molecule has 5 rings (SSSR count). The van der Waals surface area contributed by atoms with Crippen molar-refractivity contribution in [3.05, 3.63) is 126 Å². The predicted molar refractivity (Wildman–Crippen MR) is 115 cm³/mol. The van der Waals surface area contributed by atoms with Crippen molar-refractivity contribution in [1.82, 2.24) is 9.55 Å². The zero-order valence-electron chi connectivity index (χ0n) is 16.4. The topological polar surface area (TPSA) is 55.1 Å². The summed E-state index contributed by atoms with van der Waals surface area (Å²) in [7, 11) is 0. The van der Waals surface area contributed by atoms with Gasteiger partial charge in [0.15, 0.2) is 0 Å². The van der Waals surface area contributed by atoms with Crippen LogP contribution in [-0.2, 0) is 10.3 Å². The Morgan fingerprint density at radius 2 is 1.30 bits per heavy atom. The maximum atomic E-state index is 11.4. The number of rotatable bonds is 6. The van der Waals surface area contributed by atoms with Crippen LogP contribution in [0.3, 0.4) is 0 Å². The van der Waals surface area contributed by atoms with Gasteiger partial charge in [0.25, 0.3) is 0 Å². The maximum absolute atomic E-state index is 11.4. The second-order valence-corrected chi connectivity index (χ2v) is 7.80. The second kappa shape index (κ2) is 7.30. The van der Waals surface area contributed by atoms with Gasteiger partial charge < -0.3 is 9.67 Å². The molecule has 3 aromatic carbocycles. The van der Waals surface area contributed by atoms with Crippen molar-refractivity contribution in [2.24, 2.45) is 5.92 Å². The Morgan fingerprint density at radius 1 is 0.833 bits per heavy atom. The lowest BCUT2D eigenvalue weighted by atomic mass is 9.77. The molecule has 1 heterocycles. The summed E-state index contributed by atoms with van der Waals surface area (Å²) in [6, 6.07) is 31.2. The molecule has 0 spiro atoms. The Kier molecular flexibility index (Phi) is 4.47. The minimum atomic E-state index is -0.741. The largest absolute Gasteiger partial charge is 0.481 e. The number of carboxylic acids is 1. The summed E-state index contributed by atoms with van der Waals surface area (Å²) in [5.74, 6) is -1.08. The third kappa shape index (κ3) is 2.92. The molecule has 148 valence electrons. The van der Waals surface area contributed by atoms with E-state index in [2.05, 4.69) is 82.3 Å². The van der Waals surface area contributed by atoms with Crippen molar-refractivity contribution in [3.63, 3.8) is 0 Å². The molecule has 4 heteroatoms. The van der Waals surface area contributed by atoms with Gasteiger partial charge in [0, 0.05) is 12.1 Å². The van der Waals surface area contributed by atoms with Crippen molar-refractivity contribution < 1.29 is 9.90 Å². The highest BCUT2D eigenvalue weighted by Crippen LogP contribution is 2.48. The quantitative estimate of drug-likeness (QED) is 0.473. The number of carbonyl (C=O) groups is 1. The molecule has 1 N–H and O–H groups in total. The Bertz CT molecular complexity index is 1060. The lowest BCUT2D eigenvalue weighted by Gasteiger charge is -2.37. The van der Waals surface area contributed by atoms with E-state index in [-0.39, 0.29) is 11.8 Å². The van der Waals surface area contributed by atoms with Gasteiger partial charge in [-0.3, -0.25) is 4.79 Å². The Labute approximate surface area is 175 Å². The molecule has 30 heavy (non-hydrogen) atoms. The second-order valence-electron chi connectivity index (χ2n) is 7.80. The Hall–Kier alpha value is -3.66. The molecule has 1 aliphatic rings. The van der Waals surface area contributed by atoms with E-state index >= 15 is 0 Å². The van der Waals surface area contributed by atoms with Crippen LogP contribution in [0.5, 0.6) is 0 Å². The molecule has 4 nitrogen and oxygen atoms in total. The minimum Gasteiger partial charge on any atom is -0.481 e. The molecule has 1 fully saturated rings. The molecule has 2 atom stereocenters. The van der Waals surface area contributed by atoms with Gasteiger partial charge >= 0.3 is 5.97 Å². The van der Waals surface area contributed by atoms with Gasteiger partial charge in [0.05, 0.1) is 17.9 Å². The number of hydrogen-bond acceptors (Lipinski definition) is 2. The molecule has 1 aliphatic carbocycles. The summed E-state index contributed by atoms with van der Waals surface area (Å²) in [5.41, 5.74) is 3.60. The monoisotopic (exact) mass is 394 g/mol. The molecule has 1 saturated carbocycles. The summed E-state index contributed by atoms with van der Waals surface area (Å²) < 4.78 is 2.14. The van der Waals surface area contributed by atoms with Crippen molar-refractivity contribution in [2.45, 2.75) is 17.9 Å². The molecule has 0 amide bonds. The summed E-state index contributed by atoms with van der Waals surface area (Å²) in [4.78, 5) is 16.0. The third-order valence-electron chi connectivity index (χ3n) is 6.05. The van der Waals surface area contributed by atoms with Gasteiger partial charge in [-0.2, -0.15) is 0 Å². The molecule has 0 bridgehead atoms. The summed E-state index contributed by atoms with van der Waals surface area (Å²) in [6.45, 7) is 0. The Morgan fingerprint density at radius 3 is 1.70 bits per heavy atom. The number of benzene rings is 3. The van der Waals surface area contributed by atoms with Gasteiger partial charge in [-0.05, 0) is 23.1 Å². The van der Waals surface area contributed by atoms with E-state index in [1.165, 1.54) is 0 Å². The van der Waals surface area contributed by atoms with Gasteiger partial charge in [-0.1, -0.05) is 91.0 Å². The average Bonchev–Trinajstić information content (AvgIpc) is 3.47. The van der Waals surface area contributed by atoms with Crippen LogP contribution in [0.15, 0.2) is 104 Å². The zero-order valence-corrected chi connectivity index (χ0v) is 16.4. The number of aromatic nitrogens is 2. The highest BCUT2D eigenvalue weighted by Gasteiger charge is 2.46. The first-order valence-electron chi connectivity index (χ1n) is 10.1. The molecular formula is C26H22N2O2. The Balaban J connectivity index is 1.75. The van der Waals surface area contributed by atoms with Crippen LogP contribution in [0, 0.1) is 5.92 Å². The fraction of sp³-hybridized carbons (Fsp3) is 0.154. The molecule has 1 aromatic heterocycles. The van der Waals surface area contributed by atoms with Crippen molar-refractivity contribution in [2.75, 3.05) is 0 Å². The number of imidazole rings is 1. The molecule has 4 aromatic rings. The van der Waals surface area contributed by atoms with Crippen LogP contribution in [0.25, 0.3) is 0 Å². The number of carboxylic acid groups (broad SMARTS) is 1. The van der Waals surface area contributed by atoms with Crippen molar-refractivity contribution in [3.8, 4) is 0 Å². The van der Waals surface area contributed by atoms with E-state index in [4.69, 9.17) is 0 Å². The number of hydrogen-bond donors (Lipinski definition) is 1. The summed E-state index contributed by atoms with van der Waals surface area (Å²) in [6.07, 6.45) is 4.53. The van der Waals surface area contributed by atoms with E-state index < -0.39 is 11.5 Å². The van der Waals surface area contributed by atoms with E-state index in [9.17, 15) is 9.90 Å². The van der Waals surface area contributed by atoms with E-state index in [0.717, 1.165) is 22.4 Å². The molecule has 0 unspecified atom stereocenters. The lowest BCUT2D eigenvalue weighted by molar-refractivity contribution is -0.138. The van der Waals surface area contributed by atoms with Gasteiger partial charge in [0.1, 0.15) is 5.54 Å². The van der Waals surface area contributed by atoms with Crippen LogP contribution in [0.4, 0.5) is 0 Å². The predicted octanol–water partition coefficient (Wildman–Crippen LogP) is 4.91. The fourth-order valence-electron chi connectivity index (χ4n) is 4.49. The standard InChI is InChI=1S/C26H22N2O2/c29-25(30)23-16-22(23)24-17-28(18-27-24)26(19-10-4-1-5-11-19,20-12-6-2-7-13-20)21-14-8-3-9-15-21/h1-15,17-18,22-23H,16H2,(H,29,30)/t22-,23+/m0/s1. The smallest absolute Gasteiger partial charge is 0.307 e. The highest BCUT2D eigenvalue weighted by molar-refractivity contribution is 5.75. The van der Waals surface area contributed by atoms with Gasteiger partial charge in [-0.15, -0.1) is 0 Å². The van der Waals surface area contributed by atoms with Gasteiger partial charge in [0.2, 0.25) is 0 Å². The molecular weight excluding hydrogens is 372 g/mol. The lowest BCUT2D eigenvalue weighted by Crippen LogP contribution is -2.36. The fourth-order valence-corrected chi connectivity index (χ4v) is 4.49. The van der Waals surface area contributed by atoms with Gasteiger partial charge in [-0.25, -0.2) is 4.98 Å². The van der Waals surface area contributed by atoms with E-state index in [0.29, 0.717) is 6.42 Å². The van der Waals surface area contributed by atoms with Crippen LogP contribution in [0.1, 0.15) is 34.7 Å². The van der Waals surface area contributed by atoms with Crippen LogP contribution < -0.4 is 0 Å². The van der Waals surface area contributed by atoms with Crippen molar-refractivity contribution >= 4 is 5.97 Å². The van der Waals surface area contributed by atoms with E-state index in [1.807, 2.05) is 30.7 Å². The molecule has 0 saturated heterocycles. The highest BCUT2D eigenvalue weighted by atomic mass is 16.4. The zero-order chi connectivity index (χ0) is 20.6. The third-order valence-corrected chi connectivity index (χ3v) is 6.05. The average molecular weight is 394 g/mol. The van der Waals surface area contributed by atoms with Crippen LogP contribution in [-0.4, -0.2) is 20.6 Å². The van der Waals surface area contributed by atoms with Crippen LogP contribution >= 0.6 is 0 Å². The number of nitrogens with zero attached hydrogens (tertiary/aromatic N) is 2. The van der Waals surface area contributed by atoms with E-state index in [1.54, 1.807) is 0 Å². The SMILES string of the molecule is O=C(O)[C@@H]1C[C@@H]1c1cn(C(c2ccccc2)(c2ccccc2)c2ccccc2)cn1. The van der Waals surface area contributed by atoms with Crippen molar-refractivity contribution in [1.29, 1.82) is 0 Å².